The van der Waals surface area contributed by atoms with E-state index in [1.54, 1.807) is 10.6 Å². The highest BCUT2D eigenvalue weighted by Gasteiger charge is 2.30. The summed E-state index contributed by atoms with van der Waals surface area (Å²) in [5.74, 6) is 1.43. The molecule has 2 N–H and O–H groups in total. The summed E-state index contributed by atoms with van der Waals surface area (Å²) in [4.78, 5) is 13.6. The number of phenols is 1. The summed E-state index contributed by atoms with van der Waals surface area (Å²) in [6.07, 6.45) is -1.08. The van der Waals surface area contributed by atoms with E-state index in [0.717, 1.165) is 30.5 Å². The Balaban J connectivity index is 1.70. The molecule has 39 heavy (non-hydrogen) atoms. The lowest BCUT2D eigenvalue weighted by Crippen LogP contribution is -2.31. The van der Waals surface area contributed by atoms with Gasteiger partial charge >= 0.3 is 6.18 Å². The van der Waals surface area contributed by atoms with Crippen molar-refractivity contribution in [2.45, 2.75) is 64.7 Å². The molecule has 10 heteroatoms. The number of nitrogens with zero attached hydrogens (tertiary/aromatic N) is 5. The van der Waals surface area contributed by atoms with Gasteiger partial charge in [-0.2, -0.15) is 28.4 Å². The van der Waals surface area contributed by atoms with Gasteiger partial charge in [-0.05, 0) is 67.0 Å². The van der Waals surface area contributed by atoms with Crippen molar-refractivity contribution >= 4 is 17.0 Å². The summed E-state index contributed by atoms with van der Waals surface area (Å²) >= 11 is 0. The lowest BCUT2D eigenvalue weighted by molar-refractivity contribution is -0.137. The predicted octanol–water partition coefficient (Wildman–Crippen LogP) is 6.86. The zero-order valence-electron chi connectivity index (χ0n) is 21.9. The van der Waals surface area contributed by atoms with Crippen molar-refractivity contribution in [3.05, 3.63) is 65.0 Å². The molecule has 2 aromatic heterocycles. The Morgan fingerprint density at radius 2 is 1.79 bits per heavy atom. The number of hydrogen-bond acceptors (Lipinski definition) is 6. The van der Waals surface area contributed by atoms with Gasteiger partial charge < -0.3 is 15.0 Å². The Morgan fingerprint density at radius 1 is 1.08 bits per heavy atom. The Hall–Kier alpha value is -4.13. The minimum absolute atomic E-state index is 0.00851. The number of fused-ring (bicyclic) bond motifs is 1. The average molecular weight is 535 g/mol. The Labute approximate surface area is 224 Å². The highest BCUT2D eigenvalue weighted by molar-refractivity contribution is 5.88. The van der Waals surface area contributed by atoms with Gasteiger partial charge in [-0.1, -0.05) is 38.5 Å². The normalized spacial score (nSPS) is 14.8. The number of nitrogens with one attached hydrogen (secondary N) is 1. The molecule has 1 aliphatic carbocycles. The van der Waals surface area contributed by atoms with Gasteiger partial charge in [0, 0.05) is 12.6 Å². The molecule has 2 aromatic carbocycles. The minimum atomic E-state index is -4.44. The molecule has 1 atom stereocenters. The molecule has 0 amide bonds. The lowest BCUT2D eigenvalue weighted by Gasteiger charge is -2.32. The monoisotopic (exact) mass is 534 g/mol. The van der Waals surface area contributed by atoms with Crippen molar-refractivity contribution in [3.8, 4) is 23.2 Å². The van der Waals surface area contributed by atoms with Crippen LogP contribution >= 0.6 is 0 Å². The third-order valence-electron chi connectivity index (χ3n) is 7.47. The van der Waals surface area contributed by atoms with Gasteiger partial charge in [0.15, 0.2) is 11.5 Å². The first kappa shape index (κ1) is 26.5. The quantitative estimate of drug-likeness (QED) is 0.269. The van der Waals surface area contributed by atoms with E-state index in [0.29, 0.717) is 34.2 Å². The average Bonchev–Trinajstić information content (AvgIpc) is 3.20. The van der Waals surface area contributed by atoms with Crippen LogP contribution in [0.5, 0.6) is 5.75 Å². The second kappa shape index (κ2) is 10.2. The molecule has 7 nitrogen and oxygen atoms in total. The van der Waals surface area contributed by atoms with E-state index in [2.05, 4.69) is 22.2 Å². The highest BCUT2D eigenvalue weighted by atomic mass is 19.4. The topological polar surface area (TPSA) is 99.7 Å². The molecular weight excluding hydrogens is 505 g/mol. The van der Waals surface area contributed by atoms with Crippen LogP contribution in [0.4, 0.5) is 19.0 Å². The highest BCUT2D eigenvalue weighted by Crippen LogP contribution is 2.37. The summed E-state index contributed by atoms with van der Waals surface area (Å²) < 4.78 is 41.4. The number of rotatable bonds is 7. The molecule has 0 radical (unpaired) electrons. The smallest absolute Gasteiger partial charge is 0.416 e. The van der Waals surface area contributed by atoms with Crippen molar-refractivity contribution in [1.82, 2.24) is 19.5 Å². The first-order valence-corrected chi connectivity index (χ1v) is 13.0. The summed E-state index contributed by atoms with van der Waals surface area (Å²) in [5, 5.41) is 23.9. The molecule has 1 saturated carbocycles. The maximum atomic E-state index is 13.2. The van der Waals surface area contributed by atoms with E-state index in [-0.39, 0.29) is 35.7 Å². The SMILES string of the molecule is CC(C)c1ccc(O)c(-c2nc3nc(C#N)nc(NC(C)C4CCC4)c3n2Cc2ccc(C(F)(F)F)cc2)c1. The van der Waals surface area contributed by atoms with Gasteiger partial charge in [0.25, 0.3) is 0 Å². The first-order valence-electron chi connectivity index (χ1n) is 13.0. The Morgan fingerprint density at radius 3 is 2.38 bits per heavy atom. The van der Waals surface area contributed by atoms with Crippen molar-refractivity contribution in [2.75, 3.05) is 5.32 Å². The number of nitriles is 1. The van der Waals surface area contributed by atoms with Crippen molar-refractivity contribution in [3.63, 3.8) is 0 Å². The van der Waals surface area contributed by atoms with Crippen LogP contribution in [0.1, 0.15) is 68.5 Å². The largest absolute Gasteiger partial charge is 0.507 e. The first-order chi connectivity index (χ1) is 18.5. The molecular formula is C29H29F3N6O. The number of phenolic OH excluding ortho intramolecular Hbond substituents is 1. The van der Waals surface area contributed by atoms with Crippen molar-refractivity contribution in [2.24, 2.45) is 5.92 Å². The summed E-state index contributed by atoms with van der Waals surface area (Å²) in [6.45, 7) is 6.29. The van der Waals surface area contributed by atoms with E-state index >= 15 is 0 Å². The molecule has 0 saturated heterocycles. The number of aromatic nitrogens is 4. The molecule has 0 spiro atoms. The fourth-order valence-corrected chi connectivity index (χ4v) is 4.89. The van der Waals surface area contributed by atoms with Crippen molar-refractivity contribution < 1.29 is 18.3 Å². The Bertz CT molecular complexity index is 1550. The number of anilines is 1. The molecule has 2 heterocycles. The van der Waals surface area contributed by atoms with Crippen LogP contribution in [0.3, 0.4) is 0 Å². The zero-order valence-corrected chi connectivity index (χ0v) is 21.9. The molecule has 0 bridgehead atoms. The van der Waals surface area contributed by atoms with Gasteiger partial charge in [-0.3, -0.25) is 0 Å². The van der Waals surface area contributed by atoms with Gasteiger partial charge in [-0.25, -0.2) is 4.98 Å². The van der Waals surface area contributed by atoms with Crippen molar-refractivity contribution in [1.29, 1.82) is 5.26 Å². The molecule has 1 unspecified atom stereocenters. The maximum absolute atomic E-state index is 13.2. The third kappa shape index (κ3) is 5.26. The van der Waals surface area contributed by atoms with E-state index in [1.807, 2.05) is 32.0 Å². The fourth-order valence-electron chi connectivity index (χ4n) is 4.89. The van der Waals surface area contributed by atoms with Crippen LogP contribution in [0, 0.1) is 17.2 Å². The van der Waals surface area contributed by atoms with Gasteiger partial charge in [0.1, 0.15) is 23.2 Å². The standard InChI is InChI=1S/C29H29F3N6O/c1-16(2)20-9-12-23(39)22(13-20)28-37-27-25(38(28)15-18-7-10-21(11-8-18)29(30,31)32)26(35-24(14-33)36-27)34-17(3)19-5-4-6-19/h7-13,16-17,19,39H,4-6,15H2,1-3H3,(H,34,35,36). The Kier molecular flexibility index (Phi) is 6.93. The zero-order chi connectivity index (χ0) is 27.9. The van der Waals surface area contributed by atoms with E-state index < -0.39 is 11.7 Å². The van der Waals surface area contributed by atoms with Gasteiger partial charge in [-0.15, -0.1) is 0 Å². The molecule has 4 aromatic rings. The third-order valence-corrected chi connectivity index (χ3v) is 7.47. The second-order valence-corrected chi connectivity index (χ2v) is 10.5. The lowest BCUT2D eigenvalue weighted by atomic mass is 9.80. The van der Waals surface area contributed by atoms with Crippen LogP contribution in [-0.4, -0.2) is 30.7 Å². The van der Waals surface area contributed by atoms with Crippen LogP contribution < -0.4 is 5.32 Å². The van der Waals surface area contributed by atoms with Crippen LogP contribution in [0.25, 0.3) is 22.6 Å². The molecule has 0 aliphatic heterocycles. The molecule has 1 aliphatic rings. The number of aromatic hydroxyl groups is 1. The van der Waals surface area contributed by atoms with Crippen LogP contribution in [-0.2, 0) is 12.7 Å². The predicted molar refractivity (Wildman–Crippen MR) is 142 cm³/mol. The molecule has 1 fully saturated rings. The molecule has 5 rings (SSSR count). The number of benzene rings is 2. The summed E-state index contributed by atoms with van der Waals surface area (Å²) in [6, 6.07) is 12.3. The van der Waals surface area contributed by atoms with E-state index in [4.69, 9.17) is 4.98 Å². The van der Waals surface area contributed by atoms with E-state index in [1.165, 1.54) is 18.6 Å². The summed E-state index contributed by atoms with van der Waals surface area (Å²) in [5.41, 5.74) is 2.10. The maximum Gasteiger partial charge on any atom is 0.416 e. The van der Waals surface area contributed by atoms with Gasteiger partial charge in [0.2, 0.25) is 5.82 Å². The van der Waals surface area contributed by atoms with E-state index in [9.17, 15) is 23.5 Å². The number of halogens is 3. The fraction of sp³-hybridized carbons (Fsp3) is 0.379. The summed E-state index contributed by atoms with van der Waals surface area (Å²) in [7, 11) is 0. The number of imidazole rings is 1. The molecule has 202 valence electrons. The minimum Gasteiger partial charge on any atom is -0.507 e. The van der Waals surface area contributed by atoms with Gasteiger partial charge in [0.05, 0.1) is 11.1 Å². The number of alkyl halides is 3. The van der Waals surface area contributed by atoms with Crippen LogP contribution in [0.15, 0.2) is 42.5 Å². The number of hydrogen-bond donors (Lipinski definition) is 2. The second-order valence-electron chi connectivity index (χ2n) is 10.5. The van der Waals surface area contributed by atoms with Crippen LogP contribution in [0.2, 0.25) is 0 Å².